The van der Waals surface area contributed by atoms with Crippen LogP contribution in [0.1, 0.15) is 5.56 Å². The van der Waals surface area contributed by atoms with Crippen LogP contribution in [0.15, 0.2) is 84.9 Å². The van der Waals surface area contributed by atoms with Crippen molar-refractivity contribution in [3.8, 4) is 28.7 Å². The van der Waals surface area contributed by atoms with Gasteiger partial charge >= 0.3 is 0 Å². The van der Waals surface area contributed by atoms with E-state index in [-0.39, 0.29) is 0 Å². The fraction of sp³-hybridized carbons (Fsp3) is 0.0476. The third-order valence-electron chi connectivity index (χ3n) is 3.28. The molecule has 106 valence electrons. The maximum absolute atomic E-state index is 5.64. The molecule has 3 aromatic carbocycles. The van der Waals surface area contributed by atoms with Gasteiger partial charge in [-0.15, -0.1) is 0 Å². The average molecular weight is 284 g/mol. The molecule has 0 aliphatic carbocycles. The van der Waals surface area contributed by atoms with Crippen molar-refractivity contribution >= 4 is 0 Å². The highest BCUT2D eigenvalue weighted by Gasteiger charge is 1.97. The Bertz CT molecular complexity index is 763. The molecule has 0 aliphatic rings. The molecule has 0 fully saturated rings. The number of benzene rings is 3. The van der Waals surface area contributed by atoms with Gasteiger partial charge in [-0.1, -0.05) is 72.5 Å². The summed E-state index contributed by atoms with van der Waals surface area (Å²) < 4.78 is 5.64. The van der Waals surface area contributed by atoms with Gasteiger partial charge in [0.25, 0.3) is 0 Å². The molecule has 0 aromatic heterocycles. The Hall–Kier alpha value is -2.98. The molecule has 0 aliphatic heterocycles. The Labute approximate surface area is 131 Å². The van der Waals surface area contributed by atoms with Gasteiger partial charge in [0.05, 0.1) is 0 Å². The highest BCUT2D eigenvalue weighted by molar-refractivity contribution is 5.63. The van der Waals surface area contributed by atoms with E-state index in [1.165, 1.54) is 11.1 Å². The normalized spacial score (nSPS) is 9.64. The van der Waals surface area contributed by atoms with Crippen molar-refractivity contribution in [2.24, 2.45) is 0 Å². The van der Waals surface area contributed by atoms with Crippen molar-refractivity contribution < 1.29 is 4.74 Å². The number of hydrogen-bond donors (Lipinski definition) is 0. The summed E-state index contributed by atoms with van der Waals surface area (Å²) in [5, 5.41) is 0. The van der Waals surface area contributed by atoms with Crippen molar-refractivity contribution in [1.82, 2.24) is 0 Å². The molecule has 0 heterocycles. The Morgan fingerprint density at radius 2 is 1.23 bits per heavy atom. The molecule has 0 atom stereocenters. The molecule has 0 bridgehead atoms. The molecule has 1 nitrogen and oxygen atoms in total. The largest absolute Gasteiger partial charge is 0.481 e. The first kappa shape index (κ1) is 14.0. The molecule has 0 saturated carbocycles. The molecule has 22 heavy (non-hydrogen) atoms. The minimum atomic E-state index is 0.388. The van der Waals surface area contributed by atoms with Gasteiger partial charge in [0.15, 0.2) is 0 Å². The van der Waals surface area contributed by atoms with E-state index in [1.807, 2.05) is 60.7 Å². The topological polar surface area (TPSA) is 9.23 Å². The van der Waals surface area contributed by atoms with E-state index >= 15 is 0 Å². The van der Waals surface area contributed by atoms with Gasteiger partial charge in [-0.05, 0) is 35.4 Å². The van der Waals surface area contributed by atoms with Crippen LogP contribution in [0, 0.1) is 11.8 Å². The molecule has 0 unspecified atom stereocenters. The summed E-state index contributed by atoms with van der Waals surface area (Å²) in [5.41, 5.74) is 3.40. The summed E-state index contributed by atoms with van der Waals surface area (Å²) in [7, 11) is 0. The van der Waals surface area contributed by atoms with Crippen LogP contribution in [-0.2, 0) is 0 Å². The van der Waals surface area contributed by atoms with Gasteiger partial charge < -0.3 is 4.74 Å². The lowest BCUT2D eigenvalue weighted by molar-refractivity contribution is 0.370. The Morgan fingerprint density at radius 1 is 0.636 bits per heavy atom. The van der Waals surface area contributed by atoms with Gasteiger partial charge in [0.2, 0.25) is 0 Å². The molecule has 1 heteroatoms. The predicted molar refractivity (Wildman–Crippen MR) is 90.7 cm³/mol. The smallest absolute Gasteiger partial charge is 0.149 e. The van der Waals surface area contributed by atoms with E-state index in [1.54, 1.807) is 0 Å². The van der Waals surface area contributed by atoms with Crippen molar-refractivity contribution in [3.05, 3.63) is 90.5 Å². The Balaban J connectivity index is 1.59. The fourth-order valence-electron chi connectivity index (χ4n) is 2.15. The second-order valence-corrected chi connectivity index (χ2v) is 4.85. The van der Waals surface area contributed by atoms with Gasteiger partial charge in [0.1, 0.15) is 12.4 Å². The maximum Gasteiger partial charge on any atom is 0.149 e. The molecule has 3 aromatic rings. The number of hydrogen-bond acceptors (Lipinski definition) is 1. The summed E-state index contributed by atoms with van der Waals surface area (Å²) in [6.07, 6.45) is 0. The highest BCUT2D eigenvalue weighted by atomic mass is 16.5. The first-order valence-corrected chi connectivity index (χ1v) is 7.24. The van der Waals surface area contributed by atoms with Crippen LogP contribution >= 0.6 is 0 Å². The third-order valence-corrected chi connectivity index (χ3v) is 3.28. The Morgan fingerprint density at radius 3 is 1.91 bits per heavy atom. The van der Waals surface area contributed by atoms with Crippen LogP contribution < -0.4 is 4.74 Å². The highest BCUT2D eigenvalue weighted by Crippen LogP contribution is 2.21. The van der Waals surface area contributed by atoms with Crippen molar-refractivity contribution in [2.75, 3.05) is 6.61 Å². The first-order valence-electron chi connectivity index (χ1n) is 7.24. The second-order valence-electron chi connectivity index (χ2n) is 4.85. The van der Waals surface area contributed by atoms with Crippen molar-refractivity contribution in [2.45, 2.75) is 0 Å². The molecule has 0 radical (unpaired) electrons. The minimum absolute atomic E-state index is 0.388. The number of ether oxygens (including phenoxy) is 1. The lowest BCUT2D eigenvalue weighted by Gasteiger charge is -2.04. The minimum Gasteiger partial charge on any atom is -0.481 e. The fourth-order valence-corrected chi connectivity index (χ4v) is 2.15. The van der Waals surface area contributed by atoms with Crippen LogP contribution in [0.25, 0.3) is 11.1 Å². The molecule has 0 spiro atoms. The molecular weight excluding hydrogens is 268 g/mol. The van der Waals surface area contributed by atoms with E-state index in [4.69, 9.17) is 4.74 Å². The third kappa shape index (κ3) is 3.77. The molecule has 0 N–H and O–H groups in total. The quantitative estimate of drug-likeness (QED) is 0.629. The monoisotopic (exact) mass is 284 g/mol. The van der Waals surface area contributed by atoms with Crippen LogP contribution in [-0.4, -0.2) is 6.61 Å². The van der Waals surface area contributed by atoms with E-state index in [0.717, 1.165) is 11.3 Å². The maximum atomic E-state index is 5.64. The summed E-state index contributed by atoms with van der Waals surface area (Å²) in [6.45, 7) is 0.388. The number of rotatable bonds is 3. The van der Waals surface area contributed by atoms with Gasteiger partial charge in [0, 0.05) is 5.56 Å². The molecule has 0 amide bonds. The van der Waals surface area contributed by atoms with Gasteiger partial charge in [-0.3, -0.25) is 0 Å². The lowest BCUT2D eigenvalue weighted by atomic mass is 10.1. The Kier molecular flexibility index (Phi) is 4.54. The standard InChI is InChI=1S/C21H16O/c1-3-8-18(9-4-1)10-7-17-22-21-15-13-20(14-16-21)19-11-5-2-6-12-19/h1-6,8-9,11-16H,17H2. The van der Waals surface area contributed by atoms with Gasteiger partial charge in [-0.2, -0.15) is 0 Å². The van der Waals surface area contributed by atoms with Crippen LogP contribution in [0.4, 0.5) is 0 Å². The van der Waals surface area contributed by atoms with E-state index in [0.29, 0.717) is 6.61 Å². The van der Waals surface area contributed by atoms with E-state index < -0.39 is 0 Å². The van der Waals surface area contributed by atoms with Crippen LogP contribution in [0.2, 0.25) is 0 Å². The summed E-state index contributed by atoms with van der Waals surface area (Å²) in [6, 6.07) is 28.3. The van der Waals surface area contributed by atoms with E-state index in [2.05, 4.69) is 36.1 Å². The SMILES string of the molecule is C(#Cc1ccccc1)COc1ccc(-c2ccccc2)cc1. The second kappa shape index (κ2) is 7.15. The van der Waals surface area contributed by atoms with Crippen molar-refractivity contribution in [3.63, 3.8) is 0 Å². The first-order chi connectivity index (χ1) is 10.9. The zero-order chi connectivity index (χ0) is 15.0. The zero-order valence-corrected chi connectivity index (χ0v) is 12.2. The van der Waals surface area contributed by atoms with Crippen molar-refractivity contribution in [1.29, 1.82) is 0 Å². The summed E-state index contributed by atoms with van der Waals surface area (Å²) >= 11 is 0. The molecular formula is C21H16O. The zero-order valence-electron chi connectivity index (χ0n) is 12.2. The summed E-state index contributed by atoms with van der Waals surface area (Å²) in [5.74, 6) is 6.94. The molecule has 0 saturated heterocycles. The predicted octanol–water partition coefficient (Wildman–Crippen LogP) is 4.78. The van der Waals surface area contributed by atoms with E-state index in [9.17, 15) is 0 Å². The molecule has 3 rings (SSSR count). The summed E-state index contributed by atoms with van der Waals surface area (Å²) in [4.78, 5) is 0. The average Bonchev–Trinajstić information content (AvgIpc) is 2.61. The van der Waals surface area contributed by atoms with Crippen LogP contribution in [0.3, 0.4) is 0 Å². The van der Waals surface area contributed by atoms with Crippen LogP contribution in [0.5, 0.6) is 5.75 Å². The van der Waals surface area contributed by atoms with Gasteiger partial charge in [-0.25, -0.2) is 0 Å². The lowest BCUT2D eigenvalue weighted by Crippen LogP contribution is -1.93.